The van der Waals surface area contributed by atoms with Crippen LogP contribution in [0, 0.1) is 19.8 Å². The molecule has 0 heterocycles. The quantitative estimate of drug-likeness (QED) is 0.757. The minimum Gasteiger partial charge on any atom is -0.367 e. The maximum atomic E-state index is 12.4. The Morgan fingerprint density at radius 1 is 1.25 bits per heavy atom. The average molecular weight is 274 g/mol. The van der Waals surface area contributed by atoms with Gasteiger partial charge in [0.25, 0.3) is 0 Å². The van der Waals surface area contributed by atoms with Gasteiger partial charge in [0.1, 0.15) is 6.10 Å². The van der Waals surface area contributed by atoms with Crippen LogP contribution in [-0.2, 0) is 4.74 Å². The molecule has 1 aliphatic carbocycles. The molecule has 1 aromatic carbocycles. The lowest BCUT2D eigenvalue weighted by Crippen LogP contribution is -2.30. The van der Waals surface area contributed by atoms with Gasteiger partial charge < -0.3 is 4.74 Å². The number of carbonyl (C=O) groups is 1. The number of ether oxygens (including phenoxy) is 1. The fourth-order valence-corrected chi connectivity index (χ4v) is 2.98. The Morgan fingerprint density at radius 2 is 2.00 bits per heavy atom. The summed E-state index contributed by atoms with van der Waals surface area (Å²) in [6.07, 6.45) is 4.60. The second-order valence-electron chi connectivity index (χ2n) is 6.34. The summed E-state index contributed by atoms with van der Waals surface area (Å²) in [4.78, 5) is 12.4. The van der Waals surface area contributed by atoms with E-state index >= 15 is 0 Å². The zero-order valence-corrected chi connectivity index (χ0v) is 13.1. The van der Waals surface area contributed by atoms with Crippen LogP contribution in [0.25, 0.3) is 0 Å². The van der Waals surface area contributed by atoms with E-state index < -0.39 is 0 Å². The SMILES string of the molecule is Cc1ccc(C(=O)C(C)OC2CCCC(C)C2)cc1C. The van der Waals surface area contributed by atoms with Gasteiger partial charge in [0.05, 0.1) is 6.10 Å². The van der Waals surface area contributed by atoms with Gasteiger partial charge in [-0.05, 0) is 56.7 Å². The van der Waals surface area contributed by atoms with Gasteiger partial charge in [0.15, 0.2) is 5.78 Å². The van der Waals surface area contributed by atoms with Crippen LogP contribution in [-0.4, -0.2) is 18.0 Å². The molecule has 1 fully saturated rings. The predicted octanol–water partition coefficient (Wildman–Crippen LogP) is 4.47. The lowest BCUT2D eigenvalue weighted by atomic mass is 9.88. The molecule has 0 amide bonds. The molecule has 110 valence electrons. The molecule has 0 N–H and O–H groups in total. The van der Waals surface area contributed by atoms with Gasteiger partial charge in [-0.1, -0.05) is 31.9 Å². The number of aryl methyl sites for hydroxylation is 2. The van der Waals surface area contributed by atoms with Crippen LogP contribution in [0.15, 0.2) is 18.2 Å². The zero-order valence-electron chi connectivity index (χ0n) is 13.1. The minimum atomic E-state index is -0.340. The first kappa shape index (κ1) is 15.2. The molecular formula is C18H26O2. The smallest absolute Gasteiger partial charge is 0.191 e. The summed E-state index contributed by atoms with van der Waals surface area (Å²) in [6.45, 7) is 8.26. The first-order valence-corrected chi connectivity index (χ1v) is 7.74. The summed E-state index contributed by atoms with van der Waals surface area (Å²) in [5.74, 6) is 0.823. The molecule has 3 atom stereocenters. The van der Waals surface area contributed by atoms with Crippen molar-refractivity contribution in [1.82, 2.24) is 0 Å². The van der Waals surface area contributed by atoms with Gasteiger partial charge in [-0.25, -0.2) is 0 Å². The molecule has 3 unspecified atom stereocenters. The van der Waals surface area contributed by atoms with E-state index in [2.05, 4.69) is 13.8 Å². The lowest BCUT2D eigenvalue weighted by molar-refractivity contribution is -0.0200. The van der Waals surface area contributed by atoms with Crippen LogP contribution in [0.5, 0.6) is 0 Å². The van der Waals surface area contributed by atoms with Crippen molar-refractivity contribution in [2.45, 2.75) is 65.6 Å². The average Bonchev–Trinajstić information content (AvgIpc) is 2.41. The van der Waals surface area contributed by atoms with Crippen molar-refractivity contribution in [2.75, 3.05) is 0 Å². The van der Waals surface area contributed by atoms with Crippen LogP contribution in [0.3, 0.4) is 0 Å². The van der Waals surface area contributed by atoms with E-state index in [1.807, 2.05) is 32.0 Å². The molecule has 1 aromatic rings. The molecule has 2 rings (SSSR count). The number of carbonyl (C=O) groups excluding carboxylic acids is 1. The van der Waals surface area contributed by atoms with E-state index in [-0.39, 0.29) is 18.0 Å². The van der Waals surface area contributed by atoms with E-state index in [0.29, 0.717) is 0 Å². The summed E-state index contributed by atoms with van der Waals surface area (Å²) >= 11 is 0. The zero-order chi connectivity index (χ0) is 14.7. The highest BCUT2D eigenvalue weighted by atomic mass is 16.5. The highest BCUT2D eigenvalue weighted by Crippen LogP contribution is 2.27. The van der Waals surface area contributed by atoms with Crippen molar-refractivity contribution >= 4 is 5.78 Å². The van der Waals surface area contributed by atoms with Gasteiger partial charge >= 0.3 is 0 Å². The predicted molar refractivity (Wildman–Crippen MR) is 82.2 cm³/mol. The third-order valence-electron chi connectivity index (χ3n) is 4.45. The van der Waals surface area contributed by atoms with E-state index in [4.69, 9.17) is 4.74 Å². The van der Waals surface area contributed by atoms with Gasteiger partial charge in [0, 0.05) is 5.56 Å². The number of hydrogen-bond acceptors (Lipinski definition) is 2. The van der Waals surface area contributed by atoms with Crippen molar-refractivity contribution in [2.24, 2.45) is 5.92 Å². The molecule has 1 aliphatic rings. The molecule has 0 aromatic heterocycles. The Balaban J connectivity index is 1.99. The summed E-state index contributed by atoms with van der Waals surface area (Å²) in [7, 11) is 0. The fraction of sp³-hybridized carbons (Fsp3) is 0.611. The van der Waals surface area contributed by atoms with Crippen LogP contribution in [0.1, 0.15) is 61.0 Å². The molecule has 2 nitrogen and oxygen atoms in total. The number of rotatable bonds is 4. The minimum absolute atomic E-state index is 0.103. The highest BCUT2D eigenvalue weighted by Gasteiger charge is 2.24. The Labute approximate surface area is 122 Å². The standard InChI is InChI=1S/C18H26O2/c1-12-6-5-7-17(10-12)20-15(4)18(19)16-9-8-13(2)14(3)11-16/h8-9,11-12,15,17H,5-7,10H2,1-4H3. The highest BCUT2D eigenvalue weighted by molar-refractivity contribution is 5.99. The molecule has 1 saturated carbocycles. The number of benzene rings is 1. The Bertz CT molecular complexity index is 478. The van der Waals surface area contributed by atoms with Gasteiger partial charge in [0.2, 0.25) is 0 Å². The summed E-state index contributed by atoms with van der Waals surface area (Å²) in [6, 6.07) is 5.90. The van der Waals surface area contributed by atoms with E-state index in [1.54, 1.807) is 0 Å². The second-order valence-corrected chi connectivity index (χ2v) is 6.34. The van der Waals surface area contributed by atoms with E-state index in [1.165, 1.54) is 18.4 Å². The Morgan fingerprint density at radius 3 is 2.65 bits per heavy atom. The van der Waals surface area contributed by atoms with Crippen LogP contribution < -0.4 is 0 Å². The second kappa shape index (κ2) is 6.53. The summed E-state index contributed by atoms with van der Waals surface area (Å²) in [5.41, 5.74) is 3.15. The maximum absolute atomic E-state index is 12.4. The largest absolute Gasteiger partial charge is 0.367 e. The van der Waals surface area contributed by atoms with Crippen molar-refractivity contribution in [3.63, 3.8) is 0 Å². The third-order valence-corrected chi connectivity index (χ3v) is 4.45. The van der Waals surface area contributed by atoms with Gasteiger partial charge in [-0.3, -0.25) is 4.79 Å². The molecule has 0 saturated heterocycles. The van der Waals surface area contributed by atoms with Crippen molar-refractivity contribution in [1.29, 1.82) is 0 Å². The molecular weight excluding hydrogens is 248 g/mol. The summed E-state index contributed by atoms with van der Waals surface area (Å²) < 4.78 is 6.00. The van der Waals surface area contributed by atoms with Crippen LogP contribution >= 0.6 is 0 Å². The topological polar surface area (TPSA) is 26.3 Å². The van der Waals surface area contributed by atoms with Crippen molar-refractivity contribution < 1.29 is 9.53 Å². The molecule has 2 heteroatoms. The van der Waals surface area contributed by atoms with E-state index in [0.717, 1.165) is 29.9 Å². The monoisotopic (exact) mass is 274 g/mol. The van der Waals surface area contributed by atoms with Crippen molar-refractivity contribution in [3.8, 4) is 0 Å². The van der Waals surface area contributed by atoms with Gasteiger partial charge in [-0.2, -0.15) is 0 Å². The summed E-state index contributed by atoms with van der Waals surface area (Å²) in [5, 5.41) is 0. The molecule has 20 heavy (non-hydrogen) atoms. The fourth-order valence-electron chi connectivity index (χ4n) is 2.98. The first-order valence-electron chi connectivity index (χ1n) is 7.74. The number of hydrogen-bond donors (Lipinski definition) is 0. The molecule has 0 spiro atoms. The number of Topliss-reactive ketones (excluding diaryl/α,β-unsaturated/α-hetero) is 1. The molecule has 0 radical (unpaired) electrons. The first-order chi connectivity index (χ1) is 9.47. The Kier molecular flexibility index (Phi) is 4.98. The number of ketones is 1. The molecule has 0 aliphatic heterocycles. The van der Waals surface area contributed by atoms with Crippen molar-refractivity contribution in [3.05, 3.63) is 34.9 Å². The molecule has 0 bridgehead atoms. The van der Waals surface area contributed by atoms with Crippen LogP contribution in [0.4, 0.5) is 0 Å². The van der Waals surface area contributed by atoms with E-state index in [9.17, 15) is 4.79 Å². The third kappa shape index (κ3) is 3.69. The van der Waals surface area contributed by atoms with Crippen LogP contribution in [0.2, 0.25) is 0 Å². The normalized spacial score (nSPS) is 24.4. The Hall–Kier alpha value is -1.15. The van der Waals surface area contributed by atoms with Gasteiger partial charge in [-0.15, -0.1) is 0 Å². The maximum Gasteiger partial charge on any atom is 0.191 e. The lowest BCUT2D eigenvalue weighted by Gasteiger charge is -2.29.